The average molecular weight is 438 g/mol. The summed E-state index contributed by atoms with van der Waals surface area (Å²) in [5.41, 5.74) is 1.08. The van der Waals surface area contributed by atoms with Gasteiger partial charge < -0.3 is 19.3 Å². The van der Waals surface area contributed by atoms with Gasteiger partial charge in [-0.05, 0) is 32.3 Å². The number of ether oxygens (including phenoxy) is 3. The molecule has 0 radical (unpaired) electrons. The number of aliphatic hydroxyl groups excluding tert-OH is 1. The third kappa shape index (κ3) is 7.21. The lowest BCUT2D eigenvalue weighted by molar-refractivity contribution is -0.305. The van der Waals surface area contributed by atoms with Crippen LogP contribution in [0.4, 0.5) is 0 Å². The molecule has 1 heterocycles. The van der Waals surface area contributed by atoms with E-state index >= 15 is 0 Å². The van der Waals surface area contributed by atoms with Crippen LogP contribution in [-0.2, 0) is 20.8 Å². The van der Waals surface area contributed by atoms with Gasteiger partial charge in [-0.15, -0.1) is 11.6 Å². The monoisotopic (exact) mass is 436 g/mol. The Morgan fingerprint density at radius 1 is 1.19 bits per heavy atom. The first kappa shape index (κ1) is 23.0. The van der Waals surface area contributed by atoms with E-state index in [9.17, 15) is 0 Å². The van der Waals surface area contributed by atoms with Crippen molar-refractivity contribution in [3.8, 4) is 0 Å². The summed E-state index contributed by atoms with van der Waals surface area (Å²) in [6.07, 6.45) is 3.49. The fraction of sp³-hybridized carbons (Fsp3) is 0.600. The van der Waals surface area contributed by atoms with E-state index in [0.29, 0.717) is 26.1 Å². The zero-order valence-corrected chi connectivity index (χ0v) is 17.9. The molecular weight excluding hydrogens is 411 g/mol. The summed E-state index contributed by atoms with van der Waals surface area (Å²) in [5.74, 6) is -0.882. The van der Waals surface area contributed by atoms with Gasteiger partial charge in [0, 0.05) is 0 Å². The summed E-state index contributed by atoms with van der Waals surface area (Å²) in [7, 11) is 0. The number of hydrogen-bond acceptors (Lipinski definition) is 4. The highest BCUT2D eigenvalue weighted by Crippen LogP contribution is 2.43. The van der Waals surface area contributed by atoms with E-state index in [4.69, 9.17) is 54.1 Å². The maximum Gasteiger partial charge on any atom is 0.163 e. The third-order valence-corrected chi connectivity index (χ3v) is 5.53. The molecule has 4 nitrogen and oxygen atoms in total. The maximum absolute atomic E-state index is 8.83. The van der Waals surface area contributed by atoms with E-state index in [1.807, 2.05) is 50.3 Å². The molecule has 3 atom stereocenters. The van der Waals surface area contributed by atoms with E-state index in [-0.39, 0.29) is 6.61 Å². The number of halogens is 3. The van der Waals surface area contributed by atoms with Crippen molar-refractivity contribution in [3.63, 3.8) is 0 Å². The molecule has 1 N–H and O–H groups in total. The standard InChI is InChI=1S/C20H27Cl3O4/c1-19(2)26-16(14-25-13-15-9-5-3-6-10-15)17(21)18(27-19)20(22,23)11-7-4-8-12-24/h3-6,8-10,16-18,24H,7,11-14H2,1-2H3/b8-4-/t16-,17-,18+/m0/s1. The molecule has 7 heteroatoms. The fourth-order valence-electron chi connectivity index (χ4n) is 2.95. The predicted molar refractivity (Wildman–Crippen MR) is 109 cm³/mol. The van der Waals surface area contributed by atoms with Gasteiger partial charge in [-0.1, -0.05) is 65.7 Å². The molecule has 0 amide bonds. The molecule has 0 aromatic heterocycles. The predicted octanol–water partition coefficient (Wildman–Crippen LogP) is 4.83. The first-order valence-electron chi connectivity index (χ1n) is 9.00. The largest absolute Gasteiger partial charge is 0.392 e. The van der Waals surface area contributed by atoms with Crippen molar-refractivity contribution in [1.82, 2.24) is 0 Å². The zero-order chi connectivity index (χ0) is 19.9. The van der Waals surface area contributed by atoms with Crippen LogP contribution in [-0.4, -0.2) is 46.0 Å². The van der Waals surface area contributed by atoms with Crippen molar-refractivity contribution >= 4 is 34.8 Å². The van der Waals surface area contributed by atoms with Crippen LogP contribution in [0, 0.1) is 0 Å². The number of alkyl halides is 3. The van der Waals surface area contributed by atoms with Gasteiger partial charge in [0.2, 0.25) is 0 Å². The number of benzene rings is 1. The highest BCUT2D eigenvalue weighted by molar-refractivity contribution is 6.49. The molecule has 27 heavy (non-hydrogen) atoms. The lowest BCUT2D eigenvalue weighted by Crippen LogP contribution is -2.58. The minimum absolute atomic E-state index is 0.0165. The van der Waals surface area contributed by atoms with Crippen LogP contribution < -0.4 is 0 Å². The van der Waals surface area contributed by atoms with E-state index in [2.05, 4.69) is 0 Å². The normalized spacial score (nSPS) is 25.8. The molecule has 1 fully saturated rings. The van der Waals surface area contributed by atoms with Crippen LogP contribution in [0.25, 0.3) is 0 Å². The molecule has 0 unspecified atom stereocenters. The first-order chi connectivity index (χ1) is 12.7. The Hall–Kier alpha value is -0.330. The SMILES string of the molecule is CC1(C)O[C@@H](COCc2ccccc2)[C@H](Cl)[C@H](C(Cl)(Cl)CC/C=C\CO)O1. The van der Waals surface area contributed by atoms with Gasteiger partial charge in [0.05, 0.1) is 25.2 Å². The van der Waals surface area contributed by atoms with Crippen molar-refractivity contribution < 1.29 is 19.3 Å². The molecule has 0 spiro atoms. The molecule has 1 saturated heterocycles. The Labute approximate surface area is 176 Å². The van der Waals surface area contributed by atoms with Gasteiger partial charge in [0.1, 0.15) is 16.5 Å². The molecule has 1 aromatic carbocycles. The molecule has 2 rings (SSSR count). The second kappa shape index (κ2) is 10.4. The molecule has 0 aliphatic carbocycles. The fourth-order valence-corrected chi connectivity index (χ4v) is 4.04. The molecule has 0 bridgehead atoms. The van der Waals surface area contributed by atoms with Gasteiger partial charge in [-0.25, -0.2) is 0 Å². The molecule has 1 aliphatic rings. The van der Waals surface area contributed by atoms with E-state index in [1.54, 1.807) is 6.08 Å². The quantitative estimate of drug-likeness (QED) is 0.444. The minimum Gasteiger partial charge on any atom is -0.392 e. The van der Waals surface area contributed by atoms with Crippen molar-refractivity contribution in [3.05, 3.63) is 48.0 Å². The topological polar surface area (TPSA) is 47.9 Å². The number of hydrogen-bond donors (Lipinski definition) is 1. The Morgan fingerprint density at radius 3 is 2.56 bits per heavy atom. The number of rotatable bonds is 9. The van der Waals surface area contributed by atoms with Crippen LogP contribution in [0.5, 0.6) is 0 Å². The molecule has 152 valence electrons. The van der Waals surface area contributed by atoms with Crippen LogP contribution in [0.1, 0.15) is 32.3 Å². The summed E-state index contributed by atoms with van der Waals surface area (Å²) >= 11 is 19.8. The van der Waals surface area contributed by atoms with Crippen LogP contribution in [0.15, 0.2) is 42.5 Å². The second-order valence-electron chi connectivity index (χ2n) is 6.99. The van der Waals surface area contributed by atoms with Crippen LogP contribution >= 0.6 is 34.8 Å². The van der Waals surface area contributed by atoms with Crippen molar-refractivity contribution in [2.24, 2.45) is 0 Å². The van der Waals surface area contributed by atoms with Gasteiger partial charge >= 0.3 is 0 Å². The third-order valence-electron chi connectivity index (χ3n) is 4.22. The summed E-state index contributed by atoms with van der Waals surface area (Å²) in [5, 5.41) is 8.26. The lowest BCUT2D eigenvalue weighted by atomic mass is 10.0. The second-order valence-corrected chi connectivity index (χ2v) is 9.04. The number of allylic oxidation sites excluding steroid dienone is 1. The van der Waals surface area contributed by atoms with Gasteiger partial charge in [0.15, 0.2) is 5.79 Å². The smallest absolute Gasteiger partial charge is 0.163 e. The van der Waals surface area contributed by atoms with E-state index in [1.165, 1.54) is 0 Å². The summed E-state index contributed by atoms with van der Waals surface area (Å²) in [4.78, 5) is 0. The van der Waals surface area contributed by atoms with Crippen LogP contribution in [0.3, 0.4) is 0 Å². The summed E-state index contributed by atoms with van der Waals surface area (Å²) < 4.78 is 16.5. The number of aliphatic hydroxyl groups is 1. The summed E-state index contributed by atoms with van der Waals surface area (Å²) in [6.45, 7) is 4.37. The van der Waals surface area contributed by atoms with Crippen molar-refractivity contribution in [1.29, 1.82) is 0 Å². The van der Waals surface area contributed by atoms with Gasteiger partial charge in [-0.3, -0.25) is 0 Å². The Morgan fingerprint density at radius 2 is 1.89 bits per heavy atom. The molecule has 1 aliphatic heterocycles. The highest BCUT2D eigenvalue weighted by atomic mass is 35.5. The zero-order valence-electron chi connectivity index (χ0n) is 15.6. The lowest BCUT2D eigenvalue weighted by Gasteiger charge is -2.47. The Balaban J connectivity index is 1.98. The van der Waals surface area contributed by atoms with Crippen molar-refractivity contribution in [2.75, 3.05) is 13.2 Å². The Kier molecular flexibility index (Phi) is 8.88. The molecule has 1 aromatic rings. The van der Waals surface area contributed by atoms with Gasteiger partial charge in [0.25, 0.3) is 0 Å². The Bertz CT molecular complexity index is 592. The molecule has 0 saturated carbocycles. The average Bonchev–Trinajstić information content (AvgIpc) is 2.62. The highest BCUT2D eigenvalue weighted by Gasteiger charge is 2.51. The molecular formula is C20H27Cl3O4. The van der Waals surface area contributed by atoms with E-state index in [0.717, 1.165) is 5.56 Å². The van der Waals surface area contributed by atoms with Gasteiger partial charge in [-0.2, -0.15) is 0 Å². The summed E-state index contributed by atoms with van der Waals surface area (Å²) in [6, 6.07) is 9.89. The van der Waals surface area contributed by atoms with Crippen molar-refractivity contribution in [2.45, 2.75) is 61.0 Å². The minimum atomic E-state index is -1.19. The van der Waals surface area contributed by atoms with E-state index < -0.39 is 27.7 Å². The maximum atomic E-state index is 8.83. The van der Waals surface area contributed by atoms with Crippen LogP contribution in [0.2, 0.25) is 0 Å². The first-order valence-corrected chi connectivity index (χ1v) is 10.2.